The Hall–Kier alpha value is -2.86. The number of hydroxylamine groups is 2. The first kappa shape index (κ1) is 17.9. The van der Waals surface area contributed by atoms with Crippen LogP contribution in [0.1, 0.15) is 41.6 Å². The van der Waals surface area contributed by atoms with Crippen LogP contribution in [0.2, 0.25) is 0 Å². The highest BCUT2D eigenvalue weighted by Crippen LogP contribution is 2.38. The smallest absolute Gasteiger partial charge is 0.259 e. The van der Waals surface area contributed by atoms with Crippen LogP contribution in [-0.2, 0) is 11.2 Å². The molecular formula is C20H22N2O4. The van der Waals surface area contributed by atoms with Crippen molar-refractivity contribution in [3.63, 3.8) is 0 Å². The molecule has 2 N–H and O–H groups in total. The average molecular weight is 354 g/mol. The molecule has 26 heavy (non-hydrogen) atoms. The fourth-order valence-electron chi connectivity index (χ4n) is 3.05. The number of amides is 2. The van der Waals surface area contributed by atoms with Crippen LogP contribution in [0.3, 0.4) is 0 Å². The van der Waals surface area contributed by atoms with E-state index in [9.17, 15) is 9.59 Å². The van der Waals surface area contributed by atoms with Crippen molar-refractivity contribution in [2.45, 2.75) is 32.1 Å². The molecule has 0 saturated heterocycles. The Morgan fingerprint density at radius 1 is 1.00 bits per heavy atom. The Bertz CT molecular complexity index is 791. The van der Waals surface area contributed by atoms with Gasteiger partial charge in [-0.05, 0) is 43.0 Å². The Kier molecular flexibility index (Phi) is 5.86. The predicted molar refractivity (Wildman–Crippen MR) is 97.6 cm³/mol. The highest BCUT2D eigenvalue weighted by atomic mass is 16.5. The molecule has 0 radical (unpaired) electrons. The third-order valence-corrected chi connectivity index (χ3v) is 4.41. The Morgan fingerprint density at radius 2 is 1.77 bits per heavy atom. The van der Waals surface area contributed by atoms with Crippen molar-refractivity contribution >= 4 is 18.0 Å². The van der Waals surface area contributed by atoms with E-state index in [0.29, 0.717) is 35.1 Å². The number of anilines is 1. The van der Waals surface area contributed by atoms with Gasteiger partial charge in [0.25, 0.3) is 5.91 Å². The van der Waals surface area contributed by atoms with Gasteiger partial charge < -0.3 is 10.1 Å². The zero-order chi connectivity index (χ0) is 18.4. The van der Waals surface area contributed by atoms with E-state index in [4.69, 9.17) is 9.94 Å². The van der Waals surface area contributed by atoms with Crippen molar-refractivity contribution in [3.8, 4) is 11.5 Å². The minimum Gasteiger partial charge on any atom is -0.454 e. The molecule has 0 bridgehead atoms. The summed E-state index contributed by atoms with van der Waals surface area (Å²) in [5.41, 5.74) is 2.30. The molecule has 0 spiro atoms. The van der Waals surface area contributed by atoms with E-state index in [-0.39, 0.29) is 5.91 Å². The van der Waals surface area contributed by atoms with Gasteiger partial charge in [-0.15, -0.1) is 0 Å². The second-order valence-corrected chi connectivity index (χ2v) is 6.28. The molecule has 1 aliphatic heterocycles. The molecule has 0 fully saturated rings. The molecule has 1 aliphatic rings. The summed E-state index contributed by atoms with van der Waals surface area (Å²) in [7, 11) is 0. The lowest BCUT2D eigenvalue weighted by atomic mass is 10.0. The summed E-state index contributed by atoms with van der Waals surface area (Å²) < 4.78 is 5.95. The van der Waals surface area contributed by atoms with Gasteiger partial charge in [-0.1, -0.05) is 37.1 Å². The predicted octanol–water partition coefficient (Wildman–Crippen LogP) is 4.00. The first-order chi connectivity index (χ1) is 12.7. The molecule has 0 saturated carbocycles. The van der Waals surface area contributed by atoms with Crippen LogP contribution in [0, 0.1) is 0 Å². The number of fused-ring (bicyclic) bond motifs is 2. The lowest BCUT2D eigenvalue weighted by Gasteiger charge is -2.13. The second kappa shape index (κ2) is 8.49. The van der Waals surface area contributed by atoms with Crippen LogP contribution >= 0.6 is 0 Å². The zero-order valence-electron chi connectivity index (χ0n) is 14.5. The topological polar surface area (TPSA) is 78.9 Å². The lowest BCUT2D eigenvalue weighted by molar-refractivity contribution is -0.149. The molecule has 6 heteroatoms. The van der Waals surface area contributed by atoms with Crippen molar-refractivity contribution in [1.29, 1.82) is 0 Å². The number of carbonyl (C=O) groups is 2. The first-order valence-corrected chi connectivity index (χ1v) is 8.80. The Labute approximate surface area is 152 Å². The summed E-state index contributed by atoms with van der Waals surface area (Å²) in [6.07, 6.45) is 4.85. The van der Waals surface area contributed by atoms with Crippen LogP contribution in [0.15, 0.2) is 42.5 Å². The zero-order valence-corrected chi connectivity index (χ0v) is 14.5. The molecule has 2 amide bonds. The third-order valence-electron chi connectivity index (χ3n) is 4.41. The number of hydrogen-bond acceptors (Lipinski definition) is 4. The molecule has 1 heterocycles. The van der Waals surface area contributed by atoms with Crippen LogP contribution in [0.5, 0.6) is 11.5 Å². The number of hydrogen-bond donors (Lipinski definition) is 2. The van der Waals surface area contributed by atoms with Crippen molar-refractivity contribution in [2.24, 2.45) is 0 Å². The number of unbranched alkanes of at least 4 members (excludes halogenated alkanes) is 3. The maximum atomic E-state index is 12.5. The minimum absolute atomic E-state index is 0.163. The number of carbonyl (C=O) groups excluding carboxylic acids is 2. The maximum Gasteiger partial charge on any atom is 0.259 e. The molecule has 2 aromatic rings. The molecular weight excluding hydrogens is 332 g/mol. The van der Waals surface area contributed by atoms with E-state index in [1.54, 1.807) is 12.1 Å². The summed E-state index contributed by atoms with van der Waals surface area (Å²) in [6.45, 7) is 0.354. The maximum absolute atomic E-state index is 12.5. The summed E-state index contributed by atoms with van der Waals surface area (Å²) in [4.78, 5) is 22.8. The van der Waals surface area contributed by atoms with Crippen LogP contribution in [0.25, 0.3) is 0 Å². The number of nitrogens with zero attached hydrogens (tertiary/aromatic N) is 1. The summed E-state index contributed by atoms with van der Waals surface area (Å²) >= 11 is 0. The van der Waals surface area contributed by atoms with Gasteiger partial charge in [0.2, 0.25) is 6.41 Å². The molecule has 3 rings (SSSR count). The molecule has 2 aromatic carbocycles. The molecule has 0 aromatic heterocycles. The van der Waals surface area contributed by atoms with Crippen LogP contribution < -0.4 is 10.1 Å². The number of aryl methyl sites for hydroxylation is 1. The van der Waals surface area contributed by atoms with Gasteiger partial charge in [-0.25, -0.2) is 5.06 Å². The SMILES string of the molecule is O=CN(O)CCCCCCc1cccc2c1NC(=O)c1ccccc1O2. The normalized spacial score (nSPS) is 12.3. The fraction of sp³-hybridized carbons (Fsp3) is 0.300. The highest BCUT2D eigenvalue weighted by Gasteiger charge is 2.22. The molecule has 6 nitrogen and oxygen atoms in total. The van der Waals surface area contributed by atoms with E-state index >= 15 is 0 Å². The van der Waals surface area contributed by atoms with E-state index in [2.05, 4.69) is 5.32 Å². The molecule has 0 unspecified atom stereocenters. The van der Waals surface area contributed by atoms with E-state index in [0.717, 1.165) is 43.4 Å². The number of para-hydroxylation sites is 2. The van der Waals surface area contributed by atoms with Crippen LogP contribution in [0.4, 0.5) is 5.69 Å². The van der Waals surface area contributed by atoms with Gasteiger partial charge in [0, 0.05) is 6.54 Å². The van der Waals surface area contributed by atoms with Crippen molar-refractivity contribution in [3.05, 3.63) is 53.6 Å². The van der Waals surface area contributed by atoms with Gasteiger partial charge in [0.1, 0.15) is 5.75 Å². The van der Waals surface area contributed by atoms with Gasteiger partial charge in [0.05, 0.1) is 11.3 Å². The average Bonchev–Trinajstić information content (AvgIpc) is 2.80. The number of rotatable bonds is 8. The minimum atomic E-state index is -0.163. The first-order valence-electron chi connectivity index (χ1n) is 8.80. The van der Waals surface area contributed by atoms with Crippen molar-refractivity contribution < 1.29 is 19.5 Å². The standard InChI is InChI=1S/C20H22N2O4/c23-14-22(25)13-6-2-1-3-8-15-9-7-12-18-19(15)21-20(24)16-10-4-5-11-17(16)26-18/h4-5,7,9-12,14,25H,1-3,6,8,13H2,(H,21,24). The molecule has 0 atom stereocenters. The quantitative estimate of drug-likeness (QED) is 0.325. The summed E-state index contributed by atoms with van der Waals surface area (Å²) in [5.74, 6) is 1.05. The van der Waals surface area contributed by atoms with E-state index in [1.165, 1.54) is 0 Å². The highest BCUT2D eigenvalue weighted by molar-refractivity contribution is 6.08. The Balaban J connectivity index is 1.62. The fourth-order valence-corrected chi connectivity index (χ4v) is 3.05. The largest absolute Gasteiger partial charge is 0.454 e. The summed E-state index contributed by atoms with van der Waals surface area (Å²) in [6, 6.07) is 13.0. The van der Waals surface area contributed by atoms with Gasteiger partial charge in [0.15, 0.2) is 5.75 Å². The van der Waals surface area contributed by atoms with Crippen LogP contribution in [-0.4, -0.2) is 29.1 Å². The number of benzene rings is 2. The molecule has 136 valence electrons. The van der Waals surface area contributed by atoms with E-state index < -0.39 is 0 Å². The van der Waals surface area contributed by atoms with Gasteiger partial charge >= 0.3 is 0 Å². The van der Waals surface area contributed by atoms with Crippen molar-refractivity contribution in [2.75, 3.05) is 11.9 Å². The third kappa shape index (κ3) is 4.21. The number of ether oxygens (including phenoxy) is 1. The monoisotopic (exact) mass is 354 g/mol. The van der Waals surface area contributed by atoms with Gasteiger partial charge in [-0.3, -0.25) is 14.8 Å². The van der Waals surface area contributed by atoms with Gasteiger partial charge in [-0.2, -0.15) is 0 Å². The Morgan fingerprint density at radius 3 is 2.62 bits per heavy atom. The summed E-state index contributed by atoms with van der Waals surface area (Å²) in [5, 5.41) is 12.7. The second-order valence-electron chi connectivity index (χ2n) is 6.28. The lowest BCUT2D eigenvalue weighted by Crippen LogP contribution is -2.17. The van der Waals surface area contributed by atoms with E-state index in [1.807, 2.05) is 30.3 Å². The van der Waals surface area contributed by atoms with Crippen molar-refractivity contribution in [1.82, 2.24) is 5.06 Å². The molecule has 0 aliphatic carbocycles. The number of nitrogens with one attached hydrogen (secondary N) is 1.